The van der Waals surface area contributed by atoms with Crippen LogP contribution in [0.1, 0.15) is 26.7 Å². The third-order valence-electron chi connectivity index (χ3n) is 2.14. The Labute approximate surface area is 81.8 Å². The smallest absolute Gasteiger partial charge is 0.0746 e. The molecule has 0 amide bonds. The Morgan fingerprint density at radius 1 is 1.23 bits per heavy atom. The van der Waals surface area contributed by atoms with E-state index in [1.54, 1.807) is 14.2 Å². The topological polar surface area (TPSA) is 30.5 Å². The van der Waals surface area contributed by atoms with Crippen LogP contribution in [0.4, 0.5) is 0 Å². The highest BCUT2D eigenvalue weighted by Gasteiger charge is 2.18. The molecule has 0 radical (unpaired) electrons. The molecule has 0 aliphatic rings. The standard InChI is InChI=1S/C10H23NO2/c1-5-7-10(13-4)9(8-12-3)11-6-2/h9-11H,5-8H2,1-4H3. The van der Waals surface area contributed by atoms with Gasteiger partial charge in [0.25, 0.3) is 0 Å². The Kier molecular flexibility index (Phi) is 8.40. The molecule has 3 nitrogen and oxygen atoms in total. The van der Waals surface area contributed by atoms with Gasteiger partial charge in [0, 0.05) is 14.2 Å². The van der Waals surface area contributed by atoms with Crippen LogP contribution in [-0.4, -0.2) is 39.5 Å². The summed E-state index contributed by atoms with van der Waals surface area (Å²) in [5, 5.41) is 3.37. The van der Waals surface area contributed by atoms with Crippen molar-refractivity contribution in [2.24, 2.45) is 0 Å². The number of hydrogen-bond donors (Lipinski definition) is 1. The third kappa shape index (κ3) is 5.24. The van der Waals surface area contributed by atoms with Gasteiger partial charge in [-0.05, 0) is 13.0 Å². The van der Waals surface area contributed by atoms with Crippen molar-refractivity contribution >= 4 is 0 Å². The van der Waals surface area contributed by atoms with E-state index in [0.717, 1.165) is 19.4 Å². The molecule has 13 heavy (non-hydrogen) atoms. The molecule has 0 bridgehead atoms. The van der Waals surface area contributed by atoms with Crippen LogP contribution >= 0.6 is 0 Å². The van der Waals surface area contributed by atoms with E-state index in [1.165, 1.54) is 0 Å². The van der Waals surface area contributed by atoms with Gasteiger partial charge in [0.1, 0.15) is 0 Å². The van der Waals surface area contributed by atoms with Gasteiger partial charge in [-0.15, -0.1) is 0 Å². The Hall–Kier alpha value is -0.120. The average molecular weight is 189 g/mol. The minimum Gasteiger partial charge on any atom is -0.383 e. The third-order valence-corrected chi connectivity index (χ3v) is 2.14. The molecule has 80 valence electrons. The highest BCUT2D eigenvalue weighted by Crippen LogP contribution is 2.06. The maximum Gasteiger partial charge on any atom is 0.0746 e. The predicted octanol–water partition coefficient (Wildman–Crippen LogP) is 1.43. The molecule has 2 unspecified atom stereocenters. The summed E-state index contributed by atoms with van der Waals surface area (Å²) in [5.74, 6) is 0. The summed E-state index contributed by atoms with van der Waals surface area (Å²) in [5.41, 5.74) is 0. The van der Waals surface area contributed by atoms with E-state index >= 15 is 0 Å². The zero-order valence-electron chi connectivity index (χ0n) is 9.30. The van der Waals surface area contributed by atoms with Gasteiger partial charge in [0.2, 0.25) is 0 Å². The molecule has 0 aliphatic heterocycles. The lowest BCUT2D eigenvalue weighted by molar-refractivity contribution is 0.0295. The molecule has 2 atom stereocenters. The molecule has 0 aromatic heterocycles. The first kappa shape index (κ1) is 12.9. The predicted molar refractivity (Wildman–Crippen MR) is 55.0 cm³/mol. The first-order valence-electron chi connectivity index (χ1n) is 5.05. The number of methoxy groups -OCH3 is 2. The SMILES string of the molecule is CCCC(OC)C(COC)NCC. The van der Waals surface area contributed by atoms with Crippen LogP contribution in [0.3, 0.4) is 0 Å². The number of likely N-dealkylation sites (N-methyl/N-ethyl adjacent to an activating group) is 1. The van der Waals surface area contributed by atoms with E-state index in [4.69, 9.17) is 9.47 Å². The molecule has 0 aromatic carbocycles. The maximum atomic E-state index is 5.42. The van der Waals surface area contributed by atoms with Crippen molar-refractivity contribution in [2.45, 2.75) is 38.8 Å². The monoisotopic (exact) mass is 189 g/mol. The summed E-state index contributed by atoms with van der Waals surface area (Å²) >= 11 is 0. The van der Waals surface area contributed by atoms with E-state index in [1.807, 2.05) is 0 Å². The molecule has 0 rings (SSSR count). The van der Waals surface area contributed by atoms with Gasteiger partial charge in [-0.2, -0.15) is 0 Å². The number of nitrogens with one attached hydrogen (secondary N) is 1. The maximum absolute atomic E-state index is 5.42. The van der Waals surface area contributed by atoms with Crippen LogP contribution in [-0.2, 0) is 9.47 Å². The molecule has 0 saturated carbocycles. The van der Waals surface area contributed by atoms with Crippen molar-refractivity contribution in [3.8, 4) is 0 Å². The zero-order chi connectivity index (χ0) is 10.1. The van der Waals surface area contributed by atoms with Crippen LogP contribution in [0, 0.1) is 0 Å². The summed E-state index contributed by atoms with van der Waals surface area (Å²) in [6.45, 7) is 5.94. The quantitative estimate of drug-likeness (QED) is 0.626. The van der Waals surface area contributed by atoms with Gasteiger partial charge in [0.15, 0.2) is 0 Å². The Bertz CT molecular complexity index is 103. The largest absolute Gasteiger partial charge is 0.383 e. The fourth-order valence-corrected chi connectivity index (χ4v) is 1.51. The molecular weight excluding hydrogens is 166 g/mol. The highest BCUT2D eigenvalue weighted by atomic mass is 16.5. The van der Waals surface area contributed by atoms with Crippen molar-refractivity contribution in [2.75, 3.05) is 27.4 Å². The van der Waals surface area contributed by atoms with Gasteiger partial charge < -0.3 is 14.8 Å². The number of ether oxygens (including phenoxy) is 2. The second kappa shape index (κ2) is 8.48. The van der Waals surface area contributed by atoms with Crippen LogP contribution in [0.25, 0.3) is 0 Å². The van der Waals surface area contributed by atoms with Gasteiger partial charge in [0.05, 0.1) is 18.8 Å². The van der Waals surface area contributed by atoms with Crippen LogP contribution in [0.2, 0.25) is 0 Å². The lowest BCUT2D eigenvalue weighted by Crippen LogP contribution is -2.44. The number of hydrogen-bond acceptors (Lipinski definition) is 3. The summed E-state index contributed by atoms with van der Waals surface area (Å²) < 4.78 is 10.6. The molecule has 0 spiro atoms. The molecule has 3 heteroatoms. The molecular formula is C10H23NO2. The van der Waals surface area contributed by atoms with Crippen LogP contribution < -0.4 is 5.32 Å². The summed E-state index contributed by atoms with van der Waals surface area (Å²) in [6, 6.07) is 0.319. The van der Waals surface area contributed by atoms with Crippen molar-refractivity contribution in [1.29, 1.82) is 0 Å². The lowest BCUT2D eigenvalue weighted by Gasteiger charge is -2.25. The zero-order valence-corrected chi connectivity index (χ0v) is 9.30. The highest BCUT2D eigenvalue weighted by molar-refractivity contribution is 4.75. The van der Waals surface area contributed by atoms with Gasteiger partial charge in [-0.1, -0.05) is 20.3 Å². The fraction of sp³-hybridized carbons (Fsp3) is 1.00. The van der Waals surface area contributed by atoms with Crippen LogP contribution in [0.5, 0.6) is 0 Å². The second-order valence-corrected chi connectivity index (χ2v) is 3.18. The minimum absolute atomic E-state index is 0.268. The van der Waals surface area contributed by atoms with Crippen molar-refractivity contribution in [1.82, 2.24) is 5.32 Å². The lowest BCUT2D eigenvalue weighted by atomic mass is 10.1. The normalized spacial score (nSPS) is 15.7. The van der Waals surface area contributed by atoms with Gasteiger partial charge in [-0.3, -0.25) is 0 Å². The van der Waals surface area contributed by atoms with Crippen molar-refractivity contribution in [3.63, 3.8) is 0 Å². The minimum atomic E-state index is 0.268. The summed E-state index contributed by atoms with van der Waals surface area (Å²) in [7, 11) is 3.49. The van der Waals surface area contributed by atoms with E-state index in [2.05, 4.69) is 19.2 Å². The number of rotatable bonds is 8. The fourth-order valence-electron chi connectivity index (χ4n) is 1.51. The van der Waals surface area contributed by atoms with E-state index < -0.39 is 0 Å². The van der Waals surface area contributed by atoms with Crippen molar-refractivity contribution < 1.29 is 9.47 Å². The molecule has 0 aliphatic carbocycles. The van der Waals surface area contributed by atoms with E-state index in [0.29, 0.717) is 12.6 Å². The van der Waals surface area contributed by atoms with Crippen molar-refractivity contribution in [3.05, 3.63) is 0 Å². The van der Waals surface area contributed by atoms with Crippen LogP contribution in [0.15, 0.2) is 0 Å². The molecule has 0 heterocycles. The molecule has 0 saturated heterocycles. The molecule has 0 aromatic rings. The first-order valence-corrected chi connectivity index (χ1v) is 5.05. The Morgan fingerprint density at radius 3 is 2.31 bits per heavy atom. The summed E-state index contributed by atoms with van der Waals surface area (Å²) in [4.78, 5) is 0. The average Bonchev–Trinajstić information content (AvgIpc) is 2.14. The Balaban J connectivity index is 3.94. The van der Waals surface area contributed by atoms with E-state index in [9.17, 15) is 0 Å². The summed E-state index contributed by atoms with van der Waals surface area (Å²) in [6.07, 6.45) is 2.49. The molecule has 0 fully saturated rings. The van der Waals surface area contributed by atoms with E-state index in [-0.39, 0.29) is 6.10 Å². The van der Waals surface area contributed by atoms with Gasteiger partial charge in [-0.25, -0.2) is 0 Å². The molecule has 1 N–H and O–H groups in total. The Morgan fingerprint density at radius 2 is 1.92 bits per heavy atom. The second-order valence-electron chi connectivity index (χ2n) is 3.18. The van der Waals surface area contributed by atoms with Gasteiger partial charge >= 0.3 is 0 Å². The first-order chi connectivity index (χ1) is 6.29.